The van der Waals surface area contributed by atoms with Gasteiger partial charge in [0, 0.05) is 12.1 Å². The molecule has 0 aromatic carbocycles. The van der Waals surface area contributed by atoms with Crippen molar-refractivity contribution >= 4 is 6.41 Å². The average molecular weight is 167 g/mol. The zero-order valence-corrected chi connectivity index (χ0v) is 7.86. The third kappa shape index (κ3) is 0.970. The summed E-state index contributed by atoms with van der Waals surface area (Å²) in [5, 5.41) is 0. The van der Waals surface area contributed by atoms with Crippen LogP contribution in [0.4, 0.5) is 0 Å². The van der Waals surface area contributed by atoms with E-state index in [0.717, 1.165) is 18.2 Å². The molecule has 68 valence electrons. The predicted molar refractivity (Wildman–Crippen MR) is 47.7 cm³/mol. The molecule has 2 saturated heterocycles. The average Bonchev–Trinajstić information content (AvgIpc) is 2.59. The van der Waals surface area contributed by atoms with E-state index in [-0.39, 0.29) is 0 Å². The minimum atomic E-state index is 0.576. The number of carbonyl (C=O) groups is 1. The Bertz CT molecular complexity index is 190. The first kappa shape index (κ1) is 8.09. The number of amides is 1. The van der Waals surface area contributed by atoms with Crippen LogP contribution in [-0.4, -0.2) is 23.4 Å². The van der Waals surface area contributed by atoms with Crippen LogP contribution >= 0.6 is 0 Å². The highest BCUT2D eigenvalue weighted by atomic mass is 16.1. The van der Waals surface area contributed by atoms with Gasteiger partial charge in [0.15, 0.2) is 0 Å². The second-order valence-electron chi connectivity index (χ2n) is 4.49. The molecule has 3 unspecified atom stereocenters. The van der Waals surface area contributed by atoms with Crippen LogP contribution in [0.15, 0.2) is 0 Å². The number of hydrogen-bond acceptors (Lipinski definition) is 1. The van der Waals surface area contributed by atoms with Gasteiger partial charge >= 0.3 is 0 Å². The fourth-order valence-corrected chi connectivity index (χ4v) is 2.96. The fourth-order valence-electron chi connectivity index (χ4n) is 2.96. The lowest BCUT2D eigenvalue weighted by Crippen LogP contribution is -2.30. The van der Waals surface area contributed by atoms with E-state index in [1.54, 1.807) is 0 Å². The third-order valence-electron chi connectivity index (χ3n) is 3.62. The lowest BCUT2D eigenvalue weighted by atomic mass is 9.82. The molecule has 2 fully saturated rings. The molecule has 2 nitrogen and oxygen atoms in total. The molecule has 0 radical (unpaired) electrons. The molecule has 2 rings (SSSR count). The second kappa shape index (κ2) is 2.75. The van der Waals surface area contributed by atoms with Gasteiger partial charge in [-0.1, -0.05) is 13.8 Å². The summed E-state index contributed by atoms with van der Waals surface area (Å²) in [4.78, 5) is 12.8. The van der Waals surface area contributed by atoms with Gasteiger partial charge in [-0.05, 0) is 31.1 Å². The zero-order chi connectivity index (χ0) is 8.72. The number of carbonyl (C=O) groups excluding carboxylic acids is 1. The van der Waals surface area contributed by atoms with E-state index in [0.29, 0.717) is 12.1 Å². The van der Waals surface area contributed by atoms with Crippen LogP contribution in [0.3, 0.4) is 0 Å². The predicted octanol–water partition coefficient (Wildman–Crippen LogP) is 1.65. The summed E-state index contributed by atoms with van der Waals surface area (Å²) in [6.45, 7) is 4.54. The number of fused-ring (bicyclic) bond motifs is 2. The maximum Gasteiger partial charge on any atom is 0.210 e. The Labute approximate surface area is 73.9 Å². The summed E-state index contributed by atoms with van der Waals surface area (Å²) in [7, 11) is 0. The molecule has 2 aliphatic heterocycles. The lowest BCUT2D eigenvalue weighted by molar-refractivity contribution is -0.119. The molecule has 2 aliphatic rings. The van der Waals surface area contributed by atoms with Gasteiger partial charge in [0.2, 0.25) is 6.41 Å². The first-order valence-electron chi connectivity index (χ1n) is 4.96. The number of rotatable bonds is 2. The summed E-state index contributed by atoms with van der Waals surface area (Å²) >= 11 is 0. The number of nitrogens with zero attached hydrogens (tertiary/aromatic N) is 1. The van der Waals surface area contributed by atoms with Gasteiger partial charge < -0.3 is 4.90 Å². The van der Waals surface area contributed by atoms with E-state index < -0.39 is 0 Å². The topological polar surface area (TPSA) is 20.3 Å². The van der Waals surface area contributed by atoms with Crippen LogP contribution in [-0.2, 0) is 4.79 Å². The van der Waals surface area contributed by atoms with Gasteiger partial charge in [0.25, 0.3) is 0 Å². The molecule has 0 N–H and O–H groups in total. The molecule has 2 bridgehead atoms. The number of hydrogen-bond donors (Lipinski definition) is 0. The first-order chi connectivity index (χ1) is 5.74. The van der Waals surface area contributed by atoms with E-state index >= 15 is 0 Å². The Balaban J connectivity index is 2.12. The van der Waals surface area contributed by atoms with Crippen LogP contribution in [0, 0.1) is 11.8 Å². The van der Waals surface area contributed by atoms with Gasteiger partial charge in [-0.3, -0.25) is 4.79 Å². The summed E-state index contributed by atoms with van der Waals surface area (Å²) in [5.41, 5.74) is 0. The summed E-state index contributed by atoms with van der Waals surface area (Å²) in [6, 6.07) is 1.16. The molecular weight excluding hydrogens is 150 g/mol. The van der Waals surface area contributed by atoms with E-state index in [4.69, 9.17) is 0 Å². The summed E-state index contributed by atoms with van der Waals surface area (Å²) in [6.07, 6.45) is 4.80. The highest BCUT2D eigenvalue weighted by molar-refractivity contribution is 5.50. The van der Waals surface area contributed by atoms with Crippen LogP contribution < -0.4 is 0 Å². The van der Waals surface area contributed by atoms with Crippen LogP contribution in [0.1, 0.15) is 33.1 Å². The quantitative estimate of drug-likeness (QED) is 0.573. The summed E-state index contributed by atoms with van der Waals surface area (Å²) in [5.74, 6) is 1.51. The maximum atomic E-state index is 10.8. The maximum absolute atomic E-state index is 10.8. The van der Waals surface area contributed by atoms with Crippen molar-refractivity contribution in [3.63, 3.8) is 0 Å². The molecule has 1 amide bonds. The van der Waals surface area contributed by atoms with Crippen molar-refractivity contribution in [2.45, 2.75) is 45.2 Å². The van der Waals surface area contributed by atoms with Crippen molar-refractivity contribution in [2.75, 3.05) is 0 Å². The normalized spacial score (nSPS) is 39.6. The molecule has 0 aromatic rings. The van der Waals surface area contributed by atoms with Gasteiger partial charge in [0.1, 0.15) is 0 Å². The van der Waals surface area contributed by atoms with Crippen LogP contribution in [0.2, 0.25) is 0 Å². The lowest BCUT2D eigenvalue weighted by Gasteiger charge is -2.24. The monoisotopic (exact) mass is 167 g/mol. The summed E-state index contributed by atoms with van der Waals surface area (Å²) < 4.78 is 0. The van der Waals surface area contributed by atoms with Crippen molar-refractivity contribution in [2.24, 2.45) is 11.8 Å². The molecule has 0 aromatic heterocycles. The van der Waals surface area contributed by atoms with E-state index in [1.807, 2.05) is 0 Å². The molecule has 2 heterocycles. The Morgan fingerprint density at radius 3 is 2.58 bits per heavy atom. The van der Waals surface area contributed by atoms with E-state index in [9.17, 15) is 4.79 Å². The molecule has 3 atom stereocenters. The molecule has 2 heteroatoms. The van der Waals surface area contributed by atoms with Crippen LogP contribution in [0.25, 0.3) is 0 Å². The zero-order valence-electron chi connectivity index (χ0n) is 7.86. The van der Waals surface area contributed by atoms with Crippen molar-refractivity contribution < 1.29 is 4.79 Å². The van der Waals surface area contributed by atoms with Crippen molar-refractivity contribution in [1.82, 2.24) is 4.90 Å². The van der Waals surface area contributed by atoms with Crippen molar-refractivity contribution in [1.29, 1.82) is 0 Å². The van der Waals surface area contributed by atoms with E-state index in [2.05, 4.69) is 18.7 Å². The van der Waals surface area contributed by atoms with Gasteiger partial charge in [-0.15, -0.1) is 0 Å². The Hall–Kier alpha value is -0.530. The van der Waals surface area contributed by atoms with Crippen LogP contribution in [0.5, 0.6) is 0 Å². The smallest absolute Gasteiger partial charge is 0.210 e. The molecule has 0 saturated carbocycles. The van der Waals surface area contributed by atoms with Crippen molar-refractivity contribution in [3.8, 4) is 0 Å². The Morgan fingerprint density at radius 1 is 1.42 bits per heavy atom. The Morgan fingerprint density at radius 2 is 2.17 bits per heavy atom. The van der Waals surface area contributed by atoms with Gasteiger partial charge in [-0.2, -0.15) is 0 Å². The third-order valence-corrected chi connectivity index (χ3v) is 3.62. The van der Waals surface area contributed by atoms with Gasteiger partial charge in [-0.25, -0.2) is 0 Å². The highest BCUT2D eigenvalue weighted by Crippen LogP contribution is 2.43. The Kier molecular flexibility index (Phi) is 1.85. The second-order valence-corrected chi connectivity index (χ2v) is 4.49. The minimum absolute atomic E-state index is 0.576. The first-order valence-corrected chi connectivity index (χ1v) is 4.96. The van der Waals surface area contributed by atoms with Crippen molar-refractivity contribution in [3.05, 3.63) is 0 Å². The molecular formula is C10H17NO. The van der Waals surface area contributed by atoms with E-state index in [1.165, 1.54) is 19.3 Å². The molecule has 0 spiro atoms. The fraction of sp³-hybridized carbons (Fsp3) is 0.900. The molecule has 0 aliphatic carbocycles. The highest BCUT2D eigenvalue weighted by Gasteiger charge is 2.46. The largest absolute Gasteiger partial charge is 0.339 e. The SMILES string of the molecule is CC(C)C1CC2CCC1N2C=O. The molecule has 12 heavy (non-hydrogen) atoms. The standard InChI is InChI=1S/C10H17NO/c1-7(2)9-5-8-3-4-10(9)11(8)6-12/h6-10H,3-5H2,1-2H3. The minimum Gasteiger partial charge on any atom is -0.339 e. The van der Waals surface area contributed by atoms with Gasteiger partial charge in [0.05, 0.1) is 0 Å².